The second-order valence-corrected chi connectivity index (χ2v) is 6.26. The van der Waals surface area contributed by atoms with Crippen LogP contribution in [0.3, 0.4) is 0 Å². The number of likely N-dealkylation sites (tertiary alicyclic amines) is 1. The molecule has 104 valence electrons. The molecular formula is C16H23NO2. The topological polar surface area (TPSA) is 40.5 Å². The summed E-state index contributed by atoms with van der Waals surface area (Å²) in [6, 6.07) is 8.03. The number of amides is 1. The number of aliphatic hydroxyl groups is 1. The SMILES string of the molecule is Cc1cccc(CC(=O)N2CCC(C)(C)C(O)C2)c1. The number of hydrogen-bond acceptors (Lipinski definition) is 2. The molecular weight excluding hydrogens is 238 g/mol. The number of piperidine rings is 1. The van der Waals surface area contributed by atoms with Crippen LogP contribution in [0.2, 0.25) is 0 Å². The summed E-state index contributed by atoms with van der Waals surface area (Å²) in [6.07, 6.45) is 0.852. The summed E-state index contributed by atoms with van der Waals surface area (Å²) in [7, 11) is 0. The van der Waals surface area contributed by atoms with E-state index in [1.54, 1.807) is 4.90 Å². The van der Waals surface area contributed by atoms with Gasteiger partial charge >= 0.3 is 0 Å². The predicted molar refractivity (Wildman–Crippen MR) is 75.9 cm³/mol. The van der Waals surface area contributed by atoms with Crippen molar-refractivity contribution in [2.75, 3.05) is 13.1 Å². The van der Waals surface area contributed by atoms with Gasteiger partial charge in [0.1, 0.15) is 0 Å². The number of rotatable bonds is 2. The van der Waals surface area contributed by atoms with Crippen molar-refractivity contribution in [2.45, 2.75) is 39.7 Å². The van der Waals surface area contributed by atoms with Gasteiger partial charge < -0.3 is 10.0 Å². The van der Waals surface area contributed by atoms with Gasteiger partial charge in [-0.3, -0.25) is 4.79 Å². The normalized spacial score (nSPS) is 22.3. The van der Waals surface area contributed by atoms with E-state index in [2.05, 4.69) is 13.8 Å². The largest absolute Gasteiger partial charge is 0.391 e. The Morgan fingerprint density at radius 1 is 1.47 bits per heavy atom. The van der Waals surface area contributed by atoms with Gasteiger partial charge in [0.25, 0.3) is 0 Å². The molecule has 1 heterocycles. The highest BCUT2D eigenvalue weighted by atomic mass is 16.3. The first-order valence-corrected chi connectivity index (χ1v) is 6.90. The molecule has 3 nitrogen and oxygen atoms in total. The summed E-state index contributed by atoms with van der Waals surface area (Å²) in [5, 5.41) is 10.1. The Morgan fingerprint density at radius 3 is 2.84 bits per heavy atom. The minimum Gasteiger partial charge on any atom is -0.391 e. The summed E-state index contributed by atoms with van der Waals surface area (Å²) in [4.78, 5) is 14.0. The molecule has 3 heteroatoms. The van der Waals surface area contributed by atoms with Gasteiger partial charge in [0.2, 0.25) is 5.91 Å². The van der Waals surface area contributed by atoms with E-state index in [0.717, 1.165) is 18.5 Å². The molecule has 2 rings (SSSR count). The van der Waals surface area contributed by atoms with Crippen LogP contribution < -0.4 is 0 Å². The maximum atomic E-state index is 12.3. The van der Waals surface area contributed by atoms with Gasteiger partial charge in [-0.2, -0.15) is 0 Å². The van der Waals surface area contributed by atoms with E-state index in [1.165, 1.54) is 5.56 Å². The molecule has 1 atom stereocenters. The first-order valence-electron chi connectivity index (χ1n) is 6.90. The first-order chi connectivity index (χ1) is 8.88. The zero-order valence-electron chi connectivity index (χ0n) is 12.0. The van der Waals surface area contributed by atoms with Crippen LogP contribution in [0.25, 0.3) is 0 Å². The molecule has 1 unspecified atom stereocenters. The molecule has 0 radical (unpaired) electrons. The monoisotopic (exact) mass is 261 g/mol. The Kier molecular flexibility index (Phi) is 3.95. The van der Waals surface area contributed by atoms with Gasteiger partial charge in [-0.15, -0.1) is 0 Å². The maximum Gasteiger partial charge on any atom is 0.227 e. The lowest BCUT2D eigenvalue weighted by Gasteiger charge is -2.41. The van der Waals surface area contributed by atoms with Gasteiger partial charge in [-0.05, 0) is 24.3 Å². The predicted octanol–water partition coefficient (Wildman–Crippen LogP) is 2.16. The molecule has 1 fully saturated rings. The molecule has 1 saturated heterocycles. The quantitative estimate of drug-likeness (QED) is 0.886. The lowest BCUT2D eigenvalue weighted by molar-refractivity contribution is -0.137. The summed E-state index contributed by atoms with van der Waals surface area (Å²) in [5.41, 5.74) is 2.13. The molecule has 19 heavy (non-hydrogen) atoms. The van der Waals surface area contributed by atoms with Crippen molar-refractivity contribution in [1.82, 2.24) is 4.90 Å². The number of carbonyl (C=O) groups excluding carboxylic acids is 1. The third-order valence-electron chi connectivity index (χ3n) is 4.11. The minimum atomic E-state index is -0.428. The second-order valence-electron chi connectivity index (χ2n) is 6.26. The van der Waals surface area contributed by atoms with Gasteiger partial charge in [0.05, 0.1) is 12.5 Å². The first kappa shape index (κ1) is 14.1. The zero-order valence-corrected chi connectivity index (χ0v) is 12.0. The van der Waals surface area contributed by atoms with Crippen LogP contribution in [-0.2, 0) is 11.2 Å². The van der Waals surface area contributed by atoms with Crippen LogP contribution in [0.15, 0.2) is 24.3 Å². The van der Waals surface area contributed by atoms with Crippen LogP contribution in [0, 0.1) is 12.3 Å². The molecule has 0 bridgehead atoms. The summed E-state index contributed by atoms with van der Waals surface area (Å²) < 4.78 is 0. The second kappa shape index (κ2) is 5.33. The molecule has 0 spiro atoms. The number of aliphatic hydroxyl groups excluding tert-OH is 1. The van der Waals surface area contributed by atoms with Crippen LogP contribution in [0.1, 0.15) is 31.4 Å². The number of benzene rings is 1. The number of β-amino-alcohol motifs (C(OH)–C–C–N with tert-alkyl or cyclic N) is 1. The average Bonchev–Trinajstić information content (AvgIpc) is 2.32. The smallest absolute Gasteiger partial charge is 0.227 e. The Balaban J connectivity index is 1.98. The zero-order chi connectivity index (χ0) is 14.0. The summed E-state index contributed by atoms with van der Waals surface area (Å²) in [6.45, 7) is 7.34. The molecule has 1 amide bonds. The number of nitrogens with zero attached hydrogens (tertiary/aromatic N) is 1. The van der Waals surface area contributed by atoms with E-state index in [4.69, 9.17) is 0 Å². The van der Waals surface area contributed by atoms with E-state index in [0.29, 0.717) is 13.0 Å². The summed E-state index contributed by atoms with van der Waals surface area (Å²) in [5.74, 6) is 0.111. The molecule has 0 aliphatic carbocycles. The Labute approximate surface area is 115 Å². The van der Waals surface area contributed by atoms with Gasteiger partial charge in [-0.25, -0.2) is 0 Å². The van der Waals surface area contributed by atoms with Crippen LogP contribution in [0.4, 0.5) is 0 Å². The van der Waals surface area contributed by atoms with Crippen molar-refractivity contribution in [3.05, 3.63) is 35.4 Å². The van der Waals surface area contributed by atoms with E-state index < -0.39 is 6.10 Å². The maximum absolute atomic E-state index is 12.3. The molecule has 1 aliphatic heterocycles. The van der Waals surface area contributed by atoms with Crippen molar-refractivity contribution in [1.29, 1.82) is 0 Å². The van der Waals surface area contributed by atoms with E-state index in [1.807, 2.05) is 31.2 Å². The fourth-order valence-corrected chi connectivity index (χ4v) is 2.47. The number of carbonyl (C=O) groups is 1. The van der Waals surface area contributed by atoms with Crippen molar-refractivity contribution >= 4 is 5.91 Å². The van der Waals surface area contributed by atoms with Crippen molar-refractivity contribution in [3.8, 4) is 0 Å². The van der Waals surface area contributed by atoms with Crippen molar-refractivity contribution < 1.29 is 9.90 Å². The molecule has 0 saturated carbocycles. The number of aryl methyl sites for hydroxylation is 1. The van der Waals surface area contributed by atoms with Crippen LogP contribution >= 0.6 is 0 Å². The van der Waals surface area contributed by atoms with Crippen molar-refractivity contribution in [2.24, 2.45) is 5.41 Å². The van der Waals surface area contributed by atoms with Crippen LogP contribution in [0.5, 0.6) is 0 Å². The van der Waals surface area contributed by atoms with Gasteiger partial charge in [-0.1, -0.05) is 43.7 Å². The lowest BCUT2D eigenvalue weighted by Crippen LogP contribution is -2.50. The average molecular weight is 261 g/mol. The molecule has 1 aromatic rings. The van der Waals surface area contributed by atoms with Gasteiger partial charge in [0.15, 0.2) is 0 Å². The molecule has 1 aromatic carbocycles. The van der Waals surface area contributed by atoms with E-state index >= 15 is 0 Å². The highest BCUT2D eigenvalue weighted by Gasteiger charge is 2.35. The van der Waals surface area contributed by atoms with E-state index in [9.17, 15) is 9.90 Å². The molecule has 0 aromatic heterocycles. The van der Waals surface area contributed by atoms with Crippen LogP contribution in [-0.4, -0.2) is 35.1 Å². The summed E-state index contributed by atoms with van der Waals surface area (Å²) >= 11 is 0. The molecule has 1 aliphatic rings. The minimum absolute atomic E-state index is 0.0832. The Bertz CT molecular complexity index is 468. The third-order valence-corrected chi connectivity index (χ3v) is 4.11. The third kappa shape index (κ3) is 3.35. The Morgan fingerprint density at radius 2 is 2.21 bits per heavy atom. The van der Waals surface area contributed by atoms with Gasteiger partial charge in [0, 0.05) is 13.1 Å². The lowest BCUT2D eigenvalue weighted by atomic mass is 9.80. The highest BCUT2D eigenvalue weighted by molar-refractivity contribution is 5.79. The fraction of sp³-hybridized carbons (Fsp3) is 0.562. The molecule has 1 N–H and O–H groups in total. The number of hydrogen-bond donors (Lipinski definition) is 1. The standard InChI is InChI=1S/C16H23NO2/c1-12-5-4-6-13(9-12)10-15(19)17-8-7-16(2,3)14(18)11-17/h4-6,9,14,18H,7-8,10-11H2,1-3H3. The fourth-order valence-electron chi connectivity index (χ4n) is 2.47. The Hall–Kier alpha value is -1.35. The van der Waals surface area contributed by atoms with E-state index in [-0.39, 0.29) is 11.3 Å². The highest BCUT2D eigenvalue weighted by Crippen LogP contribution is 2.30. The van der Waals surface area contributed by atoms with Crippen molar-refractivity contribution in [3.63, 3.8) is 0 Å².